The number of benzene rings is 1. The van der Waals surface area contributed by atoms with Gasteiger partial charge in [-0.3, -0.25) is 4.79 Å². The first-order valence-corrected chi connectivity index (χ1v) is 10.6. The molecule has 1 aromatic carbocycles. The van der Waals surface area contributed by atoms with Gasteiger partial charge in [-0.05, 0) is 49.8 Å². The zero-order valence-corrected chi connectivity index (χ0v) is 16.6. The Morgan fingerprint density at radius 1 is 1.33 bits per heavy atom. The highest BCUT2D eigenvalue weighted by Crippen LogP contribution is 2.36. The van der Waals surface area contributed by atoms with E-state index in [0.29, 0.717) is 29.8 Å². The van der Waals surface area contributed by atoms with Gasteiger partial charge in [0.2, 0.25) is 5.91 Å². The number of aromatic nitrogens is 1. The maximum absolute atomic E-state index is 12.7. The number of carbonyl (C=O) groups excluding carboxylic acids is 1. The lowest BCUT2D eigenvalue weighted by atomic mass is 10.1. The zero-order chi connectivity index (χ0) is 18.8. The van der Waals surface area contributed by atoms with Crippen LogP contribution in [0.15, 0.2) is 23.6 Å². The summed E-state index contributed by atoms with van der Waals surface area (Å²) in [5, 5.41) is 12.4. The first-order chi connectivity index (χ1) is 13.1. The number of carbonyl (C=O) groups is 1. The molecule has 7 heteroatoms. The molecule has 2 aliphatic rings. The molecule has 0 spiro atoms. The van der Waals surface area contributed by atoms with Crippen LogP contribution < -0.4 is 4.74 Å². The molecule has 144 valence electrons. The third-order valence-corrected chi connectivity index (χ3v) is 6.02. The minimum Gasteiger partial charge on any atom is -0.486 e. The van der Waals surface area contributed by atoms with E-state index in [1.54, 1.807) is 6.07 Å². The molecular formula is C20H23ClN2O3S. The highest BCUT2D eigenvalue weighted by Gasteiger charge is 2.36. The number of nitrogens with zero attached hydrogens (tertiary/aromatic N) is 2. The topological polar surface area (TPSA) is 62.7 Å². The van der Waals surface area contributed by atoms with Gasteiger partial charge in [0.15, 0.2) is 0 Å². The number of aliphatic hydroxyl groups excluding tert-OH is 1. The van der Waals surface area contributed by atoms with Crippen LogP contribution in [0.3, 0.4) is 0 Å². The molecule has 5 nitrogen and oxygen atoms in total. The second-order valence-electron chi connectivity index (χ2n) is 7.37. The summed E-state index contributed by atoms with van der Waals surface area (Å²) in [5.74, 6) is 1.84. The fourth-order valence-corrected chi connectivity index (χ4v) is 3.97. The number of hydrogen-bond donors (Lipinski definition) is 1. The highest BCUT2D eigenvalue weighted by molar-refractivity contribution is 7.09. The number of halogens is 1. The van der Waals surface area contributed by atoms with Crippen molar-refractivity contribution >= 4 is 28.8 Å². The second-order valence-corrected chi connectivity index (χ2v) is 8.75. The van der Waals surface area contributed by atoms with Gasteiger partial charge in [-0.15, -0.1) is 11.3 Å². The molecule has 2 saturated carbocycles. The normalized spacial score (nSPS) is 16.4. The van der Waals surface area contributed by atoms with E-state index in [2.05, 4.69) is 4.98 Å². The van der Waals surface area contributed by atoms with Gasteiger partial charge in [-0.25, -0.2) is 4.98 Å². The van der Waals surface area contributed by atoms with Crippen LogP contribution in [0, 0.1) is 11.8 Å². The third kappa shape index (κ3) is 5.00. The van der Waals surface area contributed by atoms with Gasteiger partial charge in [0, 0.05) is 35.0 Å². The smallest absolute Gasteiger partial charge is 0.225 e. The standard InChI is InChI=1S/C20H23ClN2O3S/c21-16-5-6-18(26-11-19-22-17(10-24)12-27-19)15(7-16)9-23(8-13-1-2-13)20(25)14-3-4-14/h5-7,12-14,24H,1-4,8-11H2. The van der Waals surface area contributed by atoms with E-state index in [9.17, 15) is 4.79 Å². The number of amides is 1. The zero-order valence-electron chi connectivity index (χ0n) is 15.1. The van der Waals surface area contributed by atoms with Crippen LogP contribution in [-0.2, 0) is 24.6 Å². The SMILES string of the molecule is O=C(C1CC1)N(Cc1cc(Cl)ccc1OCc1nc(CO)cs1)CC1CC1. The van der Waals surface area contributed by atoms with Crippen molar-refractivity contribution in [2.75, 3.05) is 6.54 Å². The van der Waals surface area contributed by atoms with Crippen LogP contribution in [0.1, 0.15) is 41.9 Å². The van der Waals surface area contributed by atoms with Gasteiger partial charge in [0.05, 0.1) is 12.3 Å². The van der Waals surface area contributed by atoms with Crippen molar-refractivity contribution in [3.63, 3.8) is 0 Å². The summed E-state index contributed by atoms with van der Waals surface area (Å²) >= 11 is 7.68. The summed E-state index contributed by atoms with van der Waals surface area (Å²) < 4.78 is 5.98. The Balaban J connectivity index is 1.48. The van der Waals surface area contributed by atoms with Crippen molar-refractivity contribution in [3.8, 4) is 5.75 Å². The van der Waals surface area contributed by atoms with Gasteiger partial charge in [-0.1, -0.05) is 11.6 Å². The lowest BCUT2D eigenvalue weighted by Crippen LogP contribution is -2.33. The summed E-state index contributed by atoms with van der Waals surface area (Å²) in [6.07, 6.45) is 4.45. The number of rotatable bonds is 9. The number of thiazole rings is 1. The van der Waals surface area contributed by atoms with Crippen molar-refractivity contribution in [1.82, 2.24) is 9.88 Å². The van der Waals surface area contributed by atoms with Gasteiger partial charge in [0.25, 0.3) is 0 Å². The molecule has 0 saturated heterocycles. The molecule has 1 aromatic heterocycles. The molecule has 2 aromatic rings. The molecule has 1 heterocycles. The fourth-order valence-electron chi connectivity index (χ4n) is 3.08. The summed E-state index contributed by atoms with van der Waals surface area (Å²) in [4.78, 5) is 19.0. The Morgan fingerprint density at radius 2 is 2.15 bits per heavy atom. The number of ether oxygens (including phenoxy) is 1. The molecule has 0 bridgehead atoms. The van der Waals surface area contributed by atoms with Crippen LogP contribution >= 0.6 is 22.9 Å². The van der Waals surface area contributed by atoms with Crippen molar-refractivity contribution in [2.45, 2.75) is 45.4 Å². The molecular weight excluding hydrogens is 384 g/mol. The van der Waals surface area contributed by atoms with Crippen molar-refractivity contribution in [2.24, 2.45) is 11.8 Å². The first kappa shape index (κ1) is 18.7. The number of aliphatic hydroxyl groups is 1. The fraction of sp³-hybridized carbons (Fsp3) is 0.500. The molecule has 1 amide bonds. The van der Waals surface area contributed by atoms with Crippen LogP contribution in [0.2, 0.25) is 5.02 Å². The molecule has 0 aliphatic heterocycles. The van der Waals surface area contributed by atoms with E-state index in [1.807, 2.05) is 22.4 Å². The van der Waals surface area contributed by atoms with Crippen molar-refractivity contribution in [1.29, 1.82) is 0 Å². The van der Waals surface area contributed by atoms with Crippen LogP contribution in [0.4, 0.5) is 0 Å². The molecule has 0 atom stereocenters. The average molecular weight is 407 g/mol. The van der Waals surface area contributed by atoms with Crippen molar-refractivity contribution < 1.29 is 14.6 Å². The monoisotopic (exact) mass is 406 g/mol. The minimum atomic E-state index is -0.0674. The second kappa shape index (κ2) is 8.17. The molecule has 1 N–H and O–H groups in total. The molecule has 27 heavy (non-hydrogen) atoms. The van der Waals surface area contributed by atoms with Crippen LogP contribution in [0.5, 0.6) is 5.75 Å². The molecule has 0 radical (unpaired) electrons. The molecule has 2 fully saturated rings. The van der Waals surface area contributed by atoms with Gasteiger partial charge < -0.3 is 14.7 Å². The summed E-state index contributed by atoms with van der Waals surface area (Å²) in [6.45, 7) is 1.62. The minimum absolute atomic E-state index is 0.0674. The van der Waals surface area contributed by atoms with Gasteiger partial charge in [-0.2, -0.15) is 0 Å². The largest absolute Gasteiger partial charge is 0.486 e. The molecule has 4 rings (SSSR count). The number of hydrogen-bond acceptors (Lipinski definition) is 5. The summed E-state index contributed by atoms with van der Waals surface area (Å²) in [7, 11) is 0. The molecule has 2 aliphatic carbocycles. The third-order valence-electron chi connectivity index (χ3n) is 4.91. The Morgan fingerprint density at radius 3 is 2.81 bits per heavy atom. The van der Waals surface area contributed by atoms with Crippen molar-refractivity contribution in [3.05, 3.63) is 44.9 Å². The maximum Gasteiger partial charge on any atom is 0.225 e. The first-order valence-electron chi connectivity index (χ1n) is 9.36. The Hall–Kier alpha value is -1.63. The van der Waals surface area contributed by atoms with E-state index in [-0.39, 0.29) is 18.4 Å². The maximum atomic E-state index is 12.7. The predicted octanol–water partition coefficient (Wildman–Crippen LogP) is 4.02. The van der Waals surface area contributed by atoms with E-state index in [0.717, 1.165) is 35.7 Å². The molecule has 0 unspecified atom stereocenters. The predicted molar refractivity (Wildman–Crippen MR) is 105 cm³/mol. The summed E-state index contributed by atoms with van der Waals surface area (Å²) in [6, 6.07) is 5.54. The van der Waals surface area contributed by atoms with Gasteiger partial charge >= 0.3 is 0 Å². The van der Waals surface area contributed by atoms with E-state index >= 15 is 0 Å². The lowest BCUT2D eigenvalue weighted by molar-refractivity contribution is -0.133. The summed E-state index contributed by atoms with van der Waals surface area (Å²) in [5.41, 5.74) is 1.58. The van der Waals surface area contributed by atoms with Crippen LogP contribution in [0.25, 0.3) is 0 Å². The quantitative estimate of drug-likeness (QED) is 0.683. The van der Waals surface area contributed by atoms with Crippen LogP contribution in [-0.4, -0.2) is 27.4 Å². The average Bonchev–Trinajstić information content (AvgIpc) is 3.59. The van der Waals surface area contributed by atoms with E-state index in [4.69, 9.17) is 21.4 Å². The Labute approximate surface area is 167 Å². The van der Waals surface area contributed by atoms with E-state index < -0.39 is 0 Å². The Kier molecular flexibility index (Phi) is 5.66. The van der Waals surface area contributed by atoms with E-state index in [1.165, 1.54) is 24.2 Å². The Bertz CT molecular complexity index is 817. The van der Waals surface area contributed by atoms with Gasteiger partial charge in [0.1, 0.15) is 17.4 Å². The highest BCUT2D eigenvalue weighted by atomic mass is 35.5. The lowest BCUT2D eigenvalue weighted by Gasteiger charge is -2.24.